The summed E-state index contributed by atoms with van der Waals surface area (Å²) in [6.07, 6.45) is -1.48. The maximum atomic E-state index is 12.9. The van der Waals surface area contributed by atoms with Crippen LogP contribution in [0.1, 0.15) is 30.4 Å². The number of amides is 1. The van der Waals surface area contributed by atoms with Crippen molar-refractivity contribution >= 4 is 5.91 Å². The summed E-state index contributed by atoms with van der Waals surface area (Å²) in [5.74, 6) is 0.197. The smallest absolute Gasteiger partial charge is 0.356 e. The second-order valence-corrected chi connectivity index (χ2v) is 6.24. The summed E-state index contributed by atoms with van der Waals surface area (Å²) >= 11 is 0. The number of alkyl halides is 3. The molecule has 1 unspecified atom stereocenters. The largest absolute Gasteiger partial charge is 0.416 e. The highest BCUT2D eigenvalue weighted by molar-refractivity contribution is 5.78. The number of nitrogens with one attached hydrogen (secondary N) is 1. The highest BCUT2D eigenvalue weighted by Gasteiger charge is 2.33. The van der Waals surface area contributed by atoms with Crippen molar-refractivity contribution in [1.29, 1.82) is 0 Å². The van der Waals surface area contributed by atoms with Gasteiger partial charge in [-0.2, -0.15) is 13.2 Å². The first-order valence-corrected chi connectivity index (χ1v) is 7.96. The van der Waals surface area contributed by atoms with E-state index in [4.69, 9.17) is 0 Å². The minimum atomic E-state index is -4.43. The van der Waals surface area contributed by atoms with Crippen molar-refractivity contribution in [2.75, 3.05) is 26.7 Å². The van der Waals surface area contributed by atoms with Crippen LogP contribution in [-0.2, 0) is 17.4 Å². The molecule has 0 saturated carbocycles. The van der Waals surface area contributed by atoms with Gasteiger partial charge in [-0.05, 0) is 50.4 Å². The molecule has 1 saturated heterocycles. The molecule has 1 amide bonds. The number of piperidine rings is 1. The van der Waals surface area contributed by atoms with Crippen molar-refractivity contribution in [2.24, 2.45) is 5.92 Å². The highest BCUT2D eigenvalue weighted by atomic mass is 19.4. The molecule has 1 aromatic rings. The summed E-state index contributed by atoms with van der Waals surface area (Å²) in [5, 5.41) is 2.75. The summed E-state index contributed by atoms with van der Waals surface area (Å²) in [6, 6.07) is 5.23. The van der Waals surface area contributed by atoms with Crippen LogP contribution >= 0.6 is 0 Å². The third kappa shape index (κ3) is 5.53. The van der Waals surface area contributed by atoms with E-state index in [-0.39, 0.29) is 17.9 Å². The van der Waals surface area contributed by atoms with Crippen LogP contribution in [-0.4, -0.2) is 37.5 Å². The van der Waals surface area contributed by atoms with Gasteiger partial charge in [-0.1, -0.05) is 18.2 Å². The van der Waals surface area contributed by atoms with E-state index in [2.05, 4.69) is 17.3 Å². The molecule has 1 atom stereocenters. The SMILES string of the molecule is CN1CCCC(CCNC(=O)Cc2ccccc2C(F)(F)F)C1. The standard InChI is InChI=1S/C17H23F3N2O/c1-22-10-4-5-13(12-22)8-9-21-16(23)11-14-6-2-3-7-15(14)17(18,19)20/h2-3,6-7,13H,4-5,8-12H2,1H3,(H,21,23). The van der Waals surface area contributed by atoms with Gasteiger partial charge in [0.1, 0.15) is 0 Å². The molecular formula is C17H23F3N2O. The van der Waals surface area contributed by atoms with Gasteiger partial charge in [-0.25, -0.2) is 0 Å². The average Bonchev–Trinajstić information content (AvgIpc) is 2.47. The predicted molar refractivity (Wildman–Crippen MR) is 83.0 cm³/mol. The lowest BCUT2D eigenvalue weighted by molar-refractivity contribution is -0.138. The van der Waals surface area contributed by atoms with E-state index in [1.807, 2.05) is 0 Å². The van der Waals surface area contributed by atoms with E-state index in [0.717, 1.165) is 38.4 Å². The van der Waals surface area contributed by atoms with Gasteiger partial charge in [0.25, 0.3) is 0 Å². The van der Waals surface area contributed by atoms with Gasteiger partial charge in [0, 0.05) is 13.1 Å². The van der Waals surface area contributed by atoms with Crippen molar-refractivity contribution in [1.82, 2.24) is 10.2 Å². The first-order chi connectivity index (χ1) is 10.9. The Morgan fingerprint density at radius 1 is 1.35 bits per heavy atom. The number of halogens is 3. The topological polar surface area (TPSA) is 32.3 Å². The Hall–Kier alpha value is -1.56. The van der Waals surface area contributed by atoms with Crippen LogP contribution in [0.2, 0.25) is 0 Å². The van der Waals surface area contributed by atoms with Crippen LogP contribution in [0.5, 0.6) is 0 Å². The van der Waals surface area contributed by atoms with Crippen LogP contribution < -0.4 is 5.32 Å². The number of carbonyl (C=O) groups excluding carboxylic acids is 1. The summed E-state index contributed by atoms with van der Waals surface area (Å²) in [4.78, 5) is 14.2. The van der Waals surface area contributed by atoms with Crippen molar-refractivity contribution in [3.8, 4) is 0 Å². The minimum absolute atomic E-state index is 0.0231. The molecular weight excluding hydrogens is 305 g/mol. The van der Waals surface area contributed by atoms with Gasteiger partial charge >= 0.3 is 6.18 Å². The van der Waals surface area contributed by atoms with Crippen molar-refractivity contribution in [3.63, 3.8) is 0 Å². The van der Waals surface area contributed by atoms with E-state index in [1.165, 1.54) is 18.2 Å². The predicted octanol–water partition coefficient (Wildman–Crippen LogP) is 3.10. The van der Waals surface area contributed by atoms with Crippen LogP contribution in [0, 0.1) is 5.92 Å². The van der Waals surface area contributed by atoms with Gasteiger partial charge in [0.05, 0.1) is 12.0 Å². The molecule has 0 spiro atoms. The quantitative estimate of drug-likeness (QED) is 0.901. The molecule has 1 fully saturated rings. The maximum absolute atomic E-state index is 12.9. The zero-order chi connectivity index (χ0) is 16.9. The zero-order valence-electron chi connectivity index (χ0n) is 13.3. The molecule has 23 heavy (non-hydrogen) atoms. The van der Waals surface area contributed by atoms with Gasteiger partial charge in [0.15, 0.2) is 0 Å². The molecule has 1 aliphatic rings. The van der Waals surface area contributed by atoms with E-state index in [0.29, 0.717) is 12.5 Å². The summed E-state index contributed by atoms with van der Waals surface area (Å²) in [7, 11) is 2.08. The number of rotatable bonds is 5. The number of likely N-dealkylation sites (tertiary alicyclic amines) is 1. The third-order valence-electron chi connectivity index (χ3n) is 4.27. The third-order valence-corrected chi connectivity index (χ3v) is 4.27. The Morgan fingerprint density at radius 2 is 2.09 bits per heavy atom. The molecule has 6 heteroatoms. The zero-order valence-corrected chi connectivity index (χ0v) is 13.3. The first kappa shape index (κ1) is 17.8. The number of nitrogens with zero attached hydrogens (tertiary/aromatic N) is 1. The Labute approximate surface area is 134 Å². The molecule has 128 valence electrons. The maximum Gasteiger partial charge on any atom is 0.416 e. The van der Waals surface area contributed by atoms with E-state index < -0.39 is 11.7 Å². The monoisotopic (exact) mass is 328 g/mol. The van der Waals surface area contributed by atoms with Crippen LogP contribution in [0.4, 0.5) is 13.2 Å². The lowest BCUT2D eigenvalue weighted by Crippen LogP contribution is -2.35. The van der Waals surface area contributed by atoms with Gasteiger partial charge in [0.2, 0.25) is 5.91 Å². The fraction of sp³-hybridized carbons (Fsp3) is 0.588. The molecule has 1 aromatic carbocycles. The molecule has 0 aliphatic carbocycles. The van der Waals surface area contributed by atoms with Crippen LogP contribution in [0.25, 0.3) is 0 Å². The molecule has 0 bridgehead atoms. The number of carbonyl (C=O) groups is 1. The van der Waals surface area contributed by atoms with Crippen molar-refractivity contribution in [3.05, 3.63) is 35.4 Å². The molecule has 0 radical (unpaired) electrons. The van der Waals surface area contributed by atoms with E-state index in [1.54, 1.807) is 0 Å². The van der Waals surface area contributed by atoms with Crippen molar-refractivity contribution < 1.29 is 18.0 Å². The van der Waals surface area contributed by atoms with Crippen LogP contribution in [0.15, 0.2) is 24.3 Å². The van der Waals surface area contributed by atoms with Crippen LogP contribution in [0.3, 0.4) is 0 Å². The lowest BCUT2D eigenvalue weighted by atomic mass is 9.95. The first-order valence-electron chi connectivity index (χ1n) is 7.96. The van der Waals surface area contributed by atoms with Crippen molar-refractivity contribution in [2.45, 2.75) is 31.9 Å². The normalized spacial score (nSPS) is 19.6. The summed E-state index contributed by atoms with van der Waals surface area (Å²) in [5.41, 5.74) is -0.709. The fourth-order valence-corrected chi connectivity index (χ4v) is 3.11. The lowest BCUT2D eigenvalue weighted by Gasteiger charge is -2.29. The Balaban J connectivity index is 1.81. The molecule has 0 aromatic heterocycles. The van der Waals surface area contributed by atoms with Gasteiger partial charge in [-0.3, -0.25) is 4.79 Å². The second-order valence-electron chi connectivity index (χ2n) is 6.24. The Morgan fingerprint density at radius 3 is 2.78 bits per heavy atom. The Kier molecular flexibility index (Phi) is 6.04. The summed E-state index contributed by atoms with van der Waals surface area (Å²) < 4.78 is 38.7. The van der Waals surface area contributed by atoms with E-state index >= 15 is 0 Å². The van der Waals surface area contributed by atoms with E-state index in [9.17, 15) is 18.0 Å². The fourth-order valence-electron chi connectivity index (χ4n) is 3.11. The molecule has 3 nitrogen and oxygen atoms in total. The molecule has 1 N–H and O–H groups in total. The molecule has 1 heterocycles. The minimum Gasteiger partial charge on any atom is -0.356 e. The average molecular weight is 328 g/mol. The van der Waals surface area contributed by atoms with Gasteiger partial charge in [-0.15, -0.1) is 0 Å². The molecule has 1 aliphatic heterocycles. The van der Waals surface area contributed by atoms with Gasteiger partial charge < -0.3 is 10.2 Å². The Bertz CT molecular complexity index is 531. The highest BCUT2D eigenvalue weighted by Crippen LogP contribution is 2.32. The molecule has 2 rings (SSSR count). The second kappa shape index (κ2) is 7.81. The number of benzene rings is 1. The summed E-state index contributed by atoms with van der Waals surface area (Å²) in [6.45, 7) is 2.65. The number of hydrogen-bond acceptors (Lipinski definition) is 2. The number of hydrogen-bond donors (Lipinski definition) is 1.